The third-order valence-corrected chi connectivity index (χ3v) is 4.43. The number of rotatable bonds is 4. The topological polar surface area (TPSA) is 24.9 Å². The quantitative estimate of drug-likeness (QED) is 0.914. The fourth-order valence-corrected chi connectivity index (χ4v) is 3.22. The zero-order valence-corrected chi connectivity index (χ0v) is 13.2. The van der Waals surface area contributed by atoms with Crippen molar-refractivity contribution >= 4 is 15.9 Å². The molecule has 2 unspecified atom stereocenters. The standard InChI is InChI=1S/C17H19BrN2/c1-12(11-13-4-7-15(18)8-5-13)20-16-9-6-14-3-2-10-19-17(14)16/h2-5,7-8,10,12,16,20H,6,9,11H2,1H3. The van der Waals surface area contributed by atoms with Crippen molar-refractivity contribution in [3.63, 3.8) is 0 Å². The fourth-order valence-electron chi connectivity index (χ4n) is 2.95. The van der Waals surface area contributed by atoms with Gasteiger partial charge in [-0.15, -0.1) is 0 Å². The number of nitrogens with zero attached hydrogens (tertiary/aromatic N) is 1. The Morgan fingerprint density at radius 3 is 2.90 bits per heavy atom. The molecule has 0 spiro atoms. The van der Waals surface area contributed by atoms with Gasteiger partial charge in [-0.3, -0.25) is 4.98 Å². The first kappa shape index (κ1) is 13.8. The highest BCUT2D eigenvalue weighted by Crippen LogP contribution is 2.29. The molecule has 1 aromatic carbocycles. The molecule has 104 valence electrons. The van der Waals surface area contributed by atoms with E-state index in [9.17, 15) is 0 Å². The highest BCUT2D eigenvalue weighted by Gasteiger charge is 2.24. The Kier molecular flexibility index (Phi) is 4.18. The van der Waals surface area contributed by atoms with Crippen molar-refractivity contribution in [2.75, 3.05) is 0 Å². The molecule has 0 aliphatic heterocycles. The molecule has 1 N–H and O–H groups in total. The first-order chi connectivity index (χ1) is 9.72. The Balaban J connectivity index is 1.62. The van der Waals surface area contributed by atoms with Crippen LogP contribution in [0, 0.1) is 0 Å². The van der Waals surface area contributed by atoms with Gasteiger partial charge in [-0.2, -0.15) is 0 Å². The molecule has 2 aromatic rings. The van der Waals surface area contributed by atoms with E-state index >= 15 is 0 Å². The van der Waals surface area contributed by atoms with E-state index in [1.165, 1.54) is 16.8 Å². The van der Waals surface area contributed by atoms with Crippen LogP contribution in [-0.4, -0.2) is 11.0 Å². The first-order valence-electron chi connectivity index (χ1n) is 7.16. The molecule has 20 heavy (non-hydrogen) atoms. The van der Waals surface area contributed by atoms with Crippen LogP contribution in [-0.2, 0) is 12.8 Å². The second-order valence-electron chi connectivity index (χ2n) is 5.54. The molecule has 0 radical (unpaired) electrons. The molecule has 1 aromatic heterocycles. The monoisotopic (exact) mass is 330 g/mol. The van der Waals surface area contributed by atoms with E-state index in [2.05, 4.69) is 63.5 Å². The minimum Gasteiger partial charge on any atom is -0.306 e. The lowest BCUT2D eigenvalue weighted by Crippen LogP contribution is -2.31. The predicted octanol–water partition coefficient (Wildman–Crippen LogP) is 4.05. The van der Waals surface area contributed by atoms with E-state index in [1.54, 1.807) is 0 Å². The molecule has 0 bridgehead atoms. The van der Waals surface area contributed by atoms with Crippen LogP contribution in [0.2, 0.25) is 0 Å². The normalized spacial score (nSPS) is 18.8. The number of halogens is 1. The van der Waals surface area contributed by atoms with Crippen LogP contribution in [0.25, 0.3) is 0 Å². The van der Waals surface area contributed by atoms with Crippen LogP contribution in [0.15, 0.2) is 47.1 Å². The van der Waals surface area contributed by atoms with Gasteiger partial charge in [0.15, 0.2) is 0 Å². The highest BCUT2D eigenvalue weighted by molar-refractivity contribution is 9.10. The number of aryl methyl sites for hydroxylation is 1. The molecule has 1 aliphatic rings. The van der Waals surface area contributed by atoms with Crippen LogP contribution in [0.1, 0.15) is 36.2 Å². The summed E-state index contributed by atoms with van der Waals surface area (Å²) in [5.74, 6) is 0. The molecular formula is C17H19BrN2. The summed E-state index contributed by atoms with van der Waals surface area (Å²) < 4.78 is 1.13. The van der Waals surface area contributed by atoms with Crippen molar-refractivity contribution < 1.29 is 0 Å². The summed E-state index contributed by atoms with van der Waals surface area (Å²) in [6.07, 6.45) is 5.26. The lowest BCUT2D eigenvalue weighted by molar-refractivity contribution is 0.445. The Bertz CT molecular complexity index is 580. The van der Waals surface area contributed by atoms with Gasteiger partial charge in [0.2, 0.25) is 0 Å². The lowest BCUT2D eigenvalue weighted by atomic mass is 10.1. The summed E-state index contributed by atoms with van der Waals surface area (Å²) in [4.78, 5) is 4.54. The Labute approximate surface area is 128 Å². The molecule has 0 saturated heterocycles. The highest BCUT2D eigenvalue weighted by atomic mass is 79.9. The summed E-state index contributed by atoms with van der Waals surface area (Å²) in [5, 5.41) is 3.72. The maximum Gasteiger partial charge on any atom is 0.0605 e. The van der Waals surface area contributed by atoms with Gasteiger partial charge in [0.05, 0.1) is 11.7 Å². The van der Waals surface area contributed by atoms with Crippen molar-refractivity contribution in [3.8, 4) is 0 Å². The zero-order valence-electron chi connectivity index (χ0n) is 11.6. The Morgan fingerprint density at radius 2 is 2.10 bits per heavy atom. The molecule has 2 nitrogen and oxygen atoms in total. The second kappa shape index (κ2) is 6.06. The number of fused-ring (bicyclic) bond motifs is 1. The van der Waals surface area contributed by atoms with E-state index in [0.29, 0.717) is 12.1 Å². The molecule has 3 rings (SSSR count). The molecule has 0 saturated carbocycles. The zero-order chi connectivity index (χ0) is 13.9. The van der Waals surface area contributed by atoms with E-state index < -0.39 is 0 Å². The molecular weight excluding hydrogens is 312 g/mol. The van der Waals surface area contributed by atoms with Gasteiger partial charge in [0.1, 0.15) is 0 Å². The molecule has 0 amide bonds. The lowest BCUT2D eigenvalue weighted by Gasteiger charge is -2.20. The number of hydrogen-bond donors (Lipinski definition) is 1. The number of pyridine rings is 1. The van der Waals surface area contributed by atoms with Crippen LogP contribution in [0.5, 0.6) is 0 Å². The van der Waals surface area contributed by atoms with Crippen molar-refractivity contribution in [2.45, 2.75) is 38.3 Å². The van der Waals surface area contributed by atoms with E-state index in [-0.39, 0.29) is 0 Å². The van der Waals surface area contributed by atoms with Gasteiger partial charge in [-0.25, -0.2) is 0 Å². The molecule has 0 fully saturated rings. The summed E-state index contributed by atoms with van der Waals surface area (Å²) >= 11 is 3.48. The Morgan fingerprint density at radius 1 is 1.30 bits per heavy atom. The van der Waals surface area contributed by atoms with E-state index in [1.807, 2.05) is 12.3 Å². The smallest absolute Gasteiger partial charge is 0.0605 e. The van der Waals surface area contributed by atoms with Gasteiger partial charge in [0, 0.05) is 16.7 Å². The van der Waals surface area contributed by atoms with Crippen LogP contribution < -0.4 is 5.32 Å². The molecule has 1 heterocycles. The largest absolute Gasteiger partial charge is 0.306 e. The van der Waals surface area contributed by atoms with E-state index in [4.69, 9.17) is 0 Å². The van der Waals surface area contributed by atoms with Gasteiger partial charge >= 0.3 is 0 Å². The van der Waals surface area contributed by atoms with Crippen molar-refractivity contribution in [1.82, 2.24) is 10.3 Å². The van der Waals surface area contributed by atoms with Crippen LogP contribution >= 0.6 is 15.9 Å². The van der Waals surface area contributed by atoms with Gasteiger partial charge < -0.3 is 5.32 Å². The Hall–Kier alpha value is -1.19. The molecule has 3 heteroatoms. The van der Waals surface area contributed by atoms with Gasteiger partial charge in [0.25, 0.3) is 0 Å². The van der Waals surface area contributed by atoms with Gasteiger partial charge in [-0.1, -0.05) is 34.1 Å². The maximum absolute atomic E-state index is 4.54. The van der Waals surface area contributed by atoms with Crippen LogP contribution in [0.3, 0.4) is 0 Å². The molecule has 1 aliphatic carbocycles. The average molecular weight is 331 g/mol. The summed E-state index contributed by atoms with van der Waals surface area (Å²) in [7, 11) is 0. The van der Waals surface area contributed by atoms with Crippen molar-refractivity contribution in [2.24, 2.45) is 0 Å². The van der Waals surface area contributed by atoms with Crippen molar-refractivity contribution in [1.29, 1.82) is 0 Å². The number of aromatic nitrogens is 1. The van der Waals surface area contributed by atoms with Crippen molar-refractivity contribution in [3.05, 3.63) is 63.9 Å². The van der Waals surface area contributed by atoms with Gasteiger partial charge in [-0.05, 0) is 55.5 Å². The number of benzene rings is 1. The third-order valence-electron chi connectivity index (χ3n) is 3.90. The second-order valence-corrected chi connectivity index (χ2v) is 6.45. The summed E-state index contributed by atoms with van der Waals surface area (Å²) in [6.45, 7) is 2.25. The minimum atomic E-state index is 0.414. The number of nitrogens with one attached hydrogen (secondary N) is 1. The number of hydrogen-bond acceptors (Lipinski definition) is 2. The molecule has 2 atom stereocenters. The summed E-state index contributed by atoms with van der Waals surface area (Å²) in [5.41, 5.74) is 4.02. The fraction of sp³-hybridized carbons (Fsp3) is 0.353. The van der Waals surface area contributed by atoms with E-state index in [0.717, 1.165) is 23.7 Å². The van der Waals surface area contributed by atoms with Crippen LogP contribution in [0.4, 0.5) is 0 Å². The average Bonchev–Trinajstić information content (AvgIpc) is 2.85. The minimum absolute atomic E-state index is 0.414. The SMILES string of the molecule is CC(Cc1ccc(Br)cc1)NC1CCc2cccnc21. The first-order valence-corrected chi connectivity index (χ1v) is 7.96. The third kappa shape index (κ3) is 3.10. The predicted molar refractivity (Wildman–Crippen MR) is 85.7 cm³/mol. The summed E-state index contributed by atoms with van der Waals surface area (Å²) in [6, 6.07) is 13.7. The maximum atomic E-state index is 4.54.